The molecule has 1 aromatic heterocycles. The van der Waals surface area contributed by atoms with E-state index in [9.17, 15) is 61.0 Å². The van der Waals surface area contributed by atoms with E-state index in [1.807, 2.05) is 0 Å². The normalized spacial score (nSPS) is 35.6. The minimum absolute atomic E-state index is 0.0794. The highest BCUT2D eigenvalue weighted by Crippen LogP contribution is 2.42. The summed E-state index contributed by atoms with van der Waals surface area (Å²) in [6, 6.07) is 6.98. The molecule has 0 amide bonds. The second-order valence-corrected chi connectivity index (χ2v) is 14.9. The lowest BCUT2D eigenvalue weighted by molar-refractivity contribution is -0.352. The first-order chi connectivity index (χ1) is 27.9. The van der Waals surface area contributed by atoms with Gasteiger partial charge in [0.25, 0.3) is 0 Å². The average molecular weight is 839 g/mol. The third-order valence-electron chi connectivity index (χ3n) is 10.7. The number of hydrogen-bond donors (Lipinski definition) is 11. The Hall–Kier alpha value is -3.97. The Bertz CT molecular complexity index is 2000. The van der Waals surface area contributed by atoms with Crippen molar-refractivity contribution in [2.45, 2.75) is 125 Å². The molecule has 2 aromatic carbocycles. The van der Waals surface area contributed by atoms with E-state index in [-0.39, 0.29) is 40.2 Å². The summed E-state index contributed by atoms with van der Waals surface area (Å²) in [4.78, 5) is 14.7. The summed E-state index contributed by atoms with van der Waals surface area (Å²) in [5.41, 5.74) is -1.05. The van der Waals surface area contributed by atoms with Crippen molar-refractivity contribution in [3.63, 3.8) is 0 Å². The smallest absolute Gasteiger partial charge is 0.239 e. The summed E-state index contributed by atoms with van der Waals surface area (Å²) in [5, 5.41) is 117. The molecule has 20 heteroatoms. The van der Waals surface area contributed by atoms with Crippen LogP contribution in [-0.4, -0.2) is 168 Å². The van der Waals surface area contributed by atoms with Gasteiger partial charge in [0.2, 0.25) is 23.8 Å². The van der Waals surface area contributed by atoms with Gasteiger partial charge < -0.3 is 93.7 Å². The highest BCUT2D eigenvalue weighted by atomic mass is 16.8. The van der Waals surface area contributed by atoms with Crippen molar-refractivity contribution in [3.8, 4) is 34.3 Å². The maximum atomic E-state index is 14.7. The molecule has 3 aliphatic heterocycles. The molecule has 4 heterocycles. The van der Waals surface area contributed by atoms with Gasteiger partial charge in [0.15, 0.2) is 18.2 Å². The standard InChI is InChI=1S/C39H50O20/c1-13(2)19(41)10-18-21(55-38-32(51)29(48)26(45)22(12-40)56-38)11-20(42)23-27(46)35(33(57-34(18)23)16-6-8-17(52-5)9-7-16)58-39-36(30(49)25(44)15(4)54-39)59-37-31(50)28(47)24(43)14(3)53-37/h6-9,11,14-15,19,22,24-26,28-32,36-45,47-51H,1,10,12H2,2-5H3/t14-,15-,19?,22+,24-,25-,26+,28+,29-,30+,31+,32+,36+,37-,38+,39-/m0/s1. The molecule has 0 spiro atoms. The molecule has 3 saturated heterocycles. The summed E-state index contributed by atoms with van der Waals surface area (Å²) in [6.07, 6.45) is -26.2. The first-order valence-electron chi connectivity index (χ1n) is 18.7. The van der Waals surface area contributed by atoms with Gasteiger partial charge in [-0.15, -0.1) is 0 Å². The molecule has 59 heavy (non-hydrogen) atoms. The summed E-state index contributed by atoms with van der Waals surface area (Å²) >= 11 is 0. The fourth-order valence-electron chi connectivity index (χ4n) is 6.99. The van der Waals surface area contributed by atoms with Crippen molar-refractivity contribution >= 4 is 11.0 Å². The van der Waals surface area contributed by atoms with Gasteiger partial charge in [0.1, 0.15) is 83.2 Å². The van der Waals surface area contributed by atoms with Crippen LogP contribution in [0.2, 0.25) is 0 Å². The van der Waals surface area contributed by atoms with E-state index in [0.29, 0.717) is 5.75 Å². The van der Waals surface area contributed by atoms with Crippen molar-refractivity contribution in [2.24, 2.45) is 0 Å². The van der Waals surface area contributed by atoms with E-state index in [1.54, 1.807) is 0 Å². The van der Waals surface area contributed by atoms with Gasteiger partial charge in [-0.25, -0.2) is 0 Å². The number of methoxy groups -OCH3 is 1. The molecule has 0 saturated carbocycles. The van der Waals surface area contributed by atoms with Gasteiger partial charge in [-0.2, -0.15) is 0 Å². The Kier molecular flexibility index (Phi) is 13.6. The number of fused-ring (bicyclic) bond motifs is 1. The molecule has 1 unspecified atom stereocenters. The van der Waals surface area contributed by atoms with Crippen LogP contribution >= 0.6 is 0 Å². The number of aromatic hydroxyl groups is 1. The minimum atomic E-state index is -1.89. The largest absolute Gasteiger partial charge is 0.507 e. The third-order valence-corrected chi connectivity index (χ3v) is 10.7. The van der Waals surface area contributed by atoms with E-state index in [0.717, 1.165) is 6.07 Å². The lowest BCUT2D eigenvalue weighted by Gasteiger charge is -2.45. The first-order valence-corrected chi connectivity index (χ1v) is 18.7. The number of phenols is 1. The van der Waals surface area contributed by atoms with Crippen LogP contribution in [0.5, 0.6) is 23.0 Å². The van der Waals surface area contributed by atoms with Crippen LogP contribution in [0, 0.1) is 0 Å². The zero-order valence-corrected chi connectivity index (χ0v) is 32.3. The van der Waals surface area contributed by atoms with Crippen molar-refractivity contribution < 1.29 is 93.7 Å². The molecule has 0 aliphatic carbocycles. The molecule has 20 nitrogen and oxygen atoms in total. The molecule has 3 fully saturated rings. The summed E-state index contributed by atoms with van der Waals surface area (Å²) in [6.45, 7) is 7.31. The fourth-order valence-corrected chi connectivity index (χ4v) is 6.99. The Balaban J connectivity index is 1.52. The number of aliphatic hydroxyl groups is 10. The van der Waals surface area contributed by atoms with Crippen molar-refractivity contribution in [1.29, 1.82) is 0 Å². The second-order valence-electron chi connectivity index (χ2n) is 14.9. The summed E-state index contributed by atoms with van der Waals surface area (Å²) in [7, 11) is 1.42. The number of phenolic OH excluding ortho intramolecular Hbond substituents is 1. The van der Waals surface area contributed by atoms with Gasteiger partial charge in [0.05, 0.1) is 32.0 Å². The summed E-state index contributed by atoms with van der Waals surface area (Å²) < 4.78 is 46.6. The summed E-state index contributed by atoms with van der Waals surface area (Å²) in [5.74, 6) is -1.65. The van der Waals surface area contributed by atoms with Gasteiger partial charge in [-0.3, -0.25) is 4.79 Å². The molecule has 3 aliphatic rings. The molecular formula is C39H50O20. The minimum Gasteiger partial charge on any atom is -0.507 e. The van der Waals surface area contributed by atoms with E-state index < -0.39 is 127 Å². The number of hydrogen-bond acceptors (Lipinski definition) is 20. The monoisotopic (exact) mass is 838 g/mol. The van der Waals surface area contributed by atoms with E-state index in [2.05, 4.69) is 6.58 Å². The van der Waals surface area contributed by atoms with E-state index in [1.165, 1.54) is 52.1 Å². The van der Waals surface area contributed by atoms with Crippen molar-refractivity contribution in [3.05, 3.63) is 58.3 Å². The second kappa shape index (κ2) is 17.9. The predicted molar refractivity (Wildman–Crippen MR) is 199 cm³/mol. The van der Waals surface area contributed by atoms with E-state index in [4.69, 9.17) is 37.6 Å². The SMILES string of the molecule is C=C(C)C(O)Cc1c(O[C@@H]2O[C@H](CO)[C@@H](O)[C@H](O)[C@H]2O)cc(O)c2c(=O)c(O[C@@H]3O[C@@H](C)[C@H](O)[C@@H](O)[C@H]3O[C@@H]3O[C@@H](C)[C@H](O)[C@@H](O)[C@H]3O)c(-c3ccc(OC)cc3)oc12. The number of benzene rings is 2. The first kappa shape index (κ1) is 44.6. The molecular weight excluding hydrogens is 788 g/mol. The molecule has 16 atom stereocenters. The number of ether oxygens (including phenoxy) is 7. The maximum Gasteiger partial charge on any atom is 0.239 e. The molecule has 0 radical (unpaired) electrons. The van der Waals surface area contributed by atoms with Crippen LogP contribution in [0.4, 0.5) is 0 Å². The van der Waals surface area contributed by atoms with Gasteiger partial charge in [-0.05, 0) is 45.0 Å². The predicted octanol–water partition coefficient (Wildman–Crippen LogP) is -2.11. The molecule has 11 N–H and O–H groups in total. The highest BCUT2D eigenvalue weighted by Gasteiger charge is 2.51. The molecule has 326 valence electrons. The lowest BCUT2D eigenvalue weighted by Crippen LogP contribution is -2.63. The van der Waals surface area contributed by atoms with Gasteiger partial charge >= 0.3 is 0 Å². The van der Waals surface area contributed by atoms with Gasteiger partial charge in [0, 0.05) is 23.6 Å². The van der Waals surface area contributed by atoms with Crippen LogP contribution < -0.4 is 19.6 Å². The highest BCUT2D eigenvalue weighted by molar-refractivity contribution is 5.91. The van der Waals surface area contributed by atoms with Gasteiger partial charge in [-0.1, -0.05) is 12.2 Å². The van der Waals surface area contributed by atoms with Crippen LogP contribution in [0.3, 0.4) is 0 Å². The maximum absolute atomic E-state index is 14.7. The molecule has 3 aromatic rings. The molecule has 6 rings (SSSR count). The molecule has 0 bridgehead atoms. The quantitative estimate of drug-likeness (QED) is 0.0870. The number of aliphatic hydroxyl groups excluding tert-OH is 10. The Morgan fingerprint density at radius 1 is 0.797 bits per heavy atom. The average Bonchev–Trinajstić information content (AvgIpc) is 3.21. The van der Waals surface area contributed by atoms with Crippen LogP contribution in [0.15, 0.2) is 51.7 Å². The zero-order chi connectivity index (χ0) is 43.2. The topological polar surface area (TPSA) is 317 Å². The zero-order valence-electron chi connectivity index (χ0n) is 32.3. The Labute approximate surface area is 336 Å². The van der Waals surface area contributed by atoms with Crippen LogP contribution in [0.1, 0.15) is 26.3 Å². The van der Waals surface area contributed by atoms with Crippen molar-refractivity contribution in [1.82, 2.24) is 0 Å². The number of rotatable bonds is 12. The Morgan fingerprint density at radius 2 is 1.39 bits per heavy atom. The van der Waals surface area contributed by atoms with Crippen LogP contribution in [-0.2, 0) is 25.4 Å². The fraction of sp³-hybridized carbons (Fsp3) is 0.564. The third kappa shape index (κ3) is 8.65. The van der Waals surface area contributed by atoms with Crippen molar-refractivity contribution in [2.75, 3.05) is 13.7 Å². The Morgan fingerprint density at radius 3 is 2.00 bits per heavy atom. The lowest BCUT2D eigenvalue weighted by atomic mass is 9.97. The van der Waals surface area contributed by atoms with E-state index >= 15 is 0 Å². The van der Waals surface area contributed by atoms with Crippen LogP contribution in [0.25, 0.3) is 22.3 Å².